The van der Waals surface area contributed by atoms with E-state index < -0.39 is 42.8 Å². The zero-order valence-electron chi connectivity index (χ0n) is 12.7. The van der Waals surface area contributed by atoms with E-state index in [1.807, 2.05) is 0 Å². The number of Topliss-reactive ketones (excluding diaryl/α,β-unsaturated/α-hetero) is 2. The number of alkyl halides is 6. The number of rotatable bonds is 7. The van der Waals surface area contributed by atoms with Gasteiger partial charge in [0.25, 0.3) is 0 Å². The van der Waals surface area contributed by atoms with Crippen LogP contribution in [0.25, 0.3) is 0 Å². The summed E-state index contributed by atoms with van der Waals surface area (Å²) in [5, 5.41) is 0. The molecule has 0 saturated heterocycles. The van der Waals surface area contributed by atoms with E-state index in [2.05, 4.69) is 9.98 Å². The van der Waals surface area contributed by atoms with Crippen molar-refractivity contribution in [1.29, 1.82) is 0 Å². The summed E-state index contributed by atoms with van der Waals surface area (Å²) < 4.78 is 72.3. The van der Waals surface area contributed by atoms with Gasteiger partial charge < -0.3 is 0 Å². The lowest BCUT2D eigenvalue weighted by atomic mass is 10.2. The third kappa shape index (κ3) is 9.09. The van der Waals surface area contributed by atoms with Crippen LogP contribution in [0.2, 0.25) is 0 Å². The molecule has 0 aliphatic carbocycles. The van der Waals surface area contributed by atoms with E-state index in [1.165, 1.54) is 20.8 Å². The van der Waals surface area contributed by atoms with Crippen molar-refractivity contribution in [3.8, 4) is 0 Å². The molecule has 0 aliphatic rings. The van der Waals surface area contributed by atoms with Gasteiger partial charge in [0, 0.05) is 11.4 Å². The molecule has 0 aromatic rings. The van der Waals surface area contributed by atoms with Crippen LogP contribution < -0.4 is 0 Å². The molecule has 0 aromatic heterocycles. The second kappa shape index (κ2) is 8.21. The number of aliphatic imine (C=N–C) groups is 2. The minimum Gasteiger partial charge on any atom is -0.292 e. The number of nitrogens with zero attached hydrogens (tertiary/aromatic N) is 2. The molecular weight excluding hydrogens is 330 g/mol. The van der Waals surface area contributed by atoms with Crippen molar-refractivity contribution in [3.63, 3.8) is 0 Å². The zero-order valence-corrected chi connectivity index (χ0v) is 12.7. The van der Waals surface area contributed by atoms with Gasteiger partial charge in [-0.05, 0) is 20.8 Å². The lowest BCUT2D eigenvalue weighted by Gasteiger charge is -2.09. The summed E-state index contributed by atoms with van der Waals surface area (Å²) in [5.41, 5.74) is -0.113. The van der Waals surface area contributed by atoms with E-state index >= 15 is 0 Å². The number of halogens is 6. The lowest BCUT2D eigenvalue weighted by molar-refractivity contribution is -0.169. The van der Waals surface area contributed by atoms with Crippen LogP contribution in [0.15, 0.2) is 9.98 Å². The maximum absolute atomic E-state index is 12.1. The van der Waals surface area contributed by atoms with Gasteiger partial charge in [0.1, 0.15) is 0 Å². The average Bonchev–Trinajstić information content (AvgIpc) is 2.33. The third-order valence-corrected chi connectivity index (χ3v) is 2.53. The standard InChI is InChI=1S/C13H16F6N2O2/c1-7(4-10(22)12(14,15)16)20-6-9(3)21-8(2)5-11(23)13(17,18)19/h9H,4-6H2,1-3H3/t9-/m0/s1. The monoisotopic (exact) mass is 346 g/mol. The number of hydrogen-bond donors (Lipinski definition) is 0. The van der Waals surface area contributed by atoms with Crippen LogP contribution in [0.5, 0.6) is 0 Å². The van der Waals surface area contributed by atoms with Crippen LogP contribution in [0.4, 0.5) is 26.3 Å². The second-order valence-electron chi connectivity index (χ2n) is 4.98. The Morgan fingerprint density at radius 1 is 0.870 bits per heavy atom. The van der Waals surface area contributed by atoms with Gasteiger partial charge in [0.15, 0.2) is 0 Å². The lowest BCUT2D eigenvalue weighted by Crippen LogP contribution is -2.25. The summed E-state index contributed by atoms with van der Waals surface area (Å²) in [6.07, 6.45) is -11.6. The van der Waals surface area contributed by atoms with Crippen LogP contribution in [0.3, 0.4) is 0 Å². The van der Waals surface area contributed by atoms with Crippen LogP contribution in [0.1, 0.15) is 33.6 Å². The molecule has 0 spiro atoms. The highest BCUT2D eigenvalue weighted by Gasteiger charge is 2.38. The van der Waals surface area contributed by atoms with Crippen molar-refractivity contribution < 1.29 is 35.9 Å². The molecule has 4 nitrogen and oxygen atoms in total. The van der Waals surface area contributed by atoms with E-state index in [9.17, 15) is 35.9 Å². The molecule has 0 radical (unpaired) electrons. The molecule has 1 atom stereocenters. The van der Waals surface area contributed by atoms with Gasteiger partial charge in [-0.2, -0.15) is 26.3 Å². The Labute approximate surface area is 128 Å². The van der Waals surface area contributed by atoms with Crippen molar-refractivity contribution in [1.82, 2.24) is 0 Å². The Morgan fingerprint density at radius 2 is 1.26 bits per heavy atom. The summed E-state index contributed by atoms with van der Waals surface area (Å²) in [6.45, 7) is 3.85. The first-order valence-corrected chi connectivity index (χ1v) is 6.46. The minimum absolute atomic E-state index is 0.0564. The molecule has 132 valence electrons. The number of carbonyl (C=O) groups is 2. The van der Waals surface area contributed by atoms with Crippen LogP contribution in [-0.4, -0.2) is 47.9 Å². The smallest absolute Gasteiger partial charge is 0.292 e. The molecule has 0 fully saturated rings. The Morgan fingerprint density at radius 3 is 1.65 bits per heavy atom. The van der Waals surface area contributed by atoms with Gasteiger partial charge in [-0.25, -0.2) is 0 Å². The fraction of sp³-hybridized carbons (Fsp3) is 0.692. The average molecular weight is 346 g/mol. The van der Waals surface area contributed by atoms with Crippen LogP contribution in [0, 0.1) is 0 Å². The van der Waals surface area contributed by atoms with Crippen molar-refractivity contribution in [2.45, 2.75) is 52.0 Å². The van der Waals surface area contributed by atoms with Crippen molar-refractivity contribution in [2.24, 2.45) is 9.98 Å². The molecule has 0 rings (SSSR count). The fourth-order valence-corrected chi connectivity index (χ4v) is 1.47. The normalized spacial score (nSPS) is 15.5. The Bertz CT molecular complexity index is 506. The Balaban J connectivity index is 4.56. The molecule has 0 saturated carbocycles. The molecule has 10 heteroatoms. The topological polar surface area (TPSA) is 58.9 Å². The highest BCUT2D eigenvalue weighted by Crippen LogP contribution is 2.19. The molecule has 0 bridgehead atoms. The summed E-state index contributed by atoms with van der Waals surface area (Å²) >= 11 is 0. The molecule has 0 heterocycles. The van der Waals surface area contributed by atoms with Gasteiger partial charge in [0.2, 0.25) is 11.6 Å². The summed E-state index contributed by atoms with van der Waals surface area (Å²) in [6, 6.07) is -0.632. The zero-order chi connectivity index (χ0) is 18.4. The van der Waals surface area contributed by atoms with Gasteiger partial charge in [0.05, 0.1) is 25.4 Å². The first kappa shape index (κ1) is 21.3. The summed E-state index contributed by atoms with van der Waals surface area (Å²) in [5.74, 6) is -3.86. The molecule has 0 unspecified atom stereocenters. The SMILES string of the molecule is CC(CC(=O)C(F)(F)F)=NC[C@H](C)N=C(C)CC(=O)C(F)(F)F. The molecular formula is C13H16F6N2O2. The highest BCUT2D eigenvalue weighted by atomic mass is 19.4. The number of hydrogen-bond acceptors (Lipinski definition) is 4. The minimum atomic E-state index is -4.94. The van der Waals surface area contributed by atoms with Crippen LogP contribution >= 0.6 is 0 Å². The quantitative estimate of drug-likeness (QED) is 0.524. The number of carbonyl (C=O) groups excluding carboxylic acids is 2. The maximum atomic E-state index is 12.1. The van der Waals surface area contributed by atoms with E-state index in [0.29, 0.717) is 0 Å². The predicted molar refractivity (Wildman–Crippen MR) is 71.9 cm³/mol. The van der Waals surface area contributed by atoms with Crippen molar-refractivity contribution in [3.05, 3.63) is 0 Å². The predicted octanol–water partition coefficient (Wildman–Crippen LogP) is 3.34. The third-order valence-electron chi connectivity index (χ3n) is 2.53. The Kier molecular flexibility index (Phi) is 7.59. The second-order valence-corrected chi connectivity index (χ2v) is 4.98. The molecule has 0 aromatic carbocycles. The van der Waals surface area contributed by atoms with Gasteiger partial charge in [-0.1, -0.05) is 0 Å². The van der Waals surface area contributed by atoms with E-state index in [4.69, 9.17) is 0 Å². The highest BCUT2D eigenvalue weighted by molar-refractivity contribution is 6.03. The summed E-state index contributed by atoms with van der Waals surface area (Å²) in [4.78, 5) is 29.0. The molecule has 23 heavy (non-hydrogen) atoms. The van der Waals surface area contributed by atoms with Crippen molar-refractivity contribution in [2.75, 3.05) is 6.54 Å². The number of ketones is 2. The summed E-state index contributed by atoms with van der Waals surface area (Å²) in [7, 11) is 0. The van der Waals surface area contributed by atoms with E-state index in [1.54, 1.807) is 0 Å². The van der Waals surface area contributed by atoms with Gasteiger partial charge in [-0.15, -0.1) is 0 Å². The fourth-order valence-electron chi connectivity index (χ4n) is 1.47. The van der Waals surface area contributed by atoms with Gasteiger partial charge in [-0.3, -0.25) is 19.6 Å². The molecule has 0 amide bonds. The first-order valence-electron chi connectivity index (χ1n) is 6.46. The van der Waals surface area contributed by atoms with E-state index in [-0.39, 0.29) is 18.0 Å². The maximum Gasteiger partial charge on any atom is 0.450 e. The first-order chi connectivity index (χ1) is 10.2. The van der Waals surface area contributed by atoms with Crippen LogP contribution in [-0.2, 0) is 9.59 Å². The Hall–Kier alpha value is -1.74. The van der Waals surface area contributed by atoms with Crippen molar-refractivity contribution >= 4 is 23.0 Å². The molecule has 0 N–H and O–H groups in total. The van der Waals surface area contributed by atoms with E-state index in [0.717, 1.165) is 0 Å². The largest absolute Gasteiger partial charge is 0.450 e. The molecule has 0 aliphatic heterocycles. The van der Waals surface area contributed by atoms with Gasteiger partial charge >= 0.3 is 12.4 Å².